The molecule has 3 rings (SSSR count). The Balaban J connectivity index is 1.96. The van der Waals surface area contributed by atoms with E-state index in [-0.39, 0.29) is 11.6 Å². The van der Waals surface area contributed by atoms with Crippen molar-refractivity contribution in [1.29, 1.82) is 0 Å². The minimum atomic E-state index is 0.0847. The summed E-state index contributed by atoms with van der Waals surface area (Å²) >= 11 is 0. The summed E-state index contributed by atoms with van der Waals surface area (Å²) in [5, 5.41) is 3.32. The number of imidazole rings is 1. The number of ether oxygens (including phenoxy) is 1. The van der Waals surface area contributed by atoms with Gasteiger partial charge in [-0.25, -0.2) is 4.98 Å². The van der Waals surface area contributed by atoms with Crippen LogP contribution in [0.15, 0.2) is 12.5 Å². The Morgan fingerprint density at radius 3 is 2.94 bits per heavy atom. The molecule has 4 nitrogen and oxygen atoms in total. The van der Waals surface area contributed by atoms with E-state index < -0.39 is 0 Å². The summed E-state index contributed by atoms with van der Waals surface area (Å²) in [6.07, 6.45) is 5.34. The molecule has 16 heavy (non-hydrogen) atoms. The summed E-state index contributed by atoms with van der Waals surface area (Å²) in [6.45, 7) is 7.46. The van der Waals surface area contributed by atoms with Crippen LogP contribution in [0, 0.1) is 0 Å². The zero-order chi connectivity index (χ0) is 11.2. The third kappa shape index (κ3) is 1.33. The van der Waals surface area contributed by atoms with Gasteiger partial charge in [0.05, 0.1) is 18.0 Å². The van der Waals surface area contributed by atoms with Crippen LogP contribution in [0.4, 0.5) is 0 Å². The van der Waals surface area contributed by atoms with Crippen LogP contribution in [-0.2, 0) is 10.3 Å². The van der Waals surface area contributed by atoms with Crippen molar-refractivity contribution in [2.75, 3.05) is 19.7 Å². The molecule has 2 aliphatic rings. The van der Waals surface area contributed by atoms with Crippen LogP contribution < -0.4 is 5.32 Å². The Kier molecular flexibility index (Phi) is 2.30. The van der Waals surface area contributed by atoms with Crippen LogP contribution >= 0.6 is 0 Å². The molecule has 0 bridgehead atoms. The number of aromatic nitrogens is 2. The van der Waals surface area contributed by atoms with Gasteiger partial charge in [-0.05, 0) is 20.3 Å². The molecule has 1 aromatic rings. The van der Waals surface area contributed by atoms with E-state index in [1.165, 1.54) is 5.69 Å². The maximum absolute atomic E-state index is 5.71. The SMILES string of the molecule is CC1OCCC1(C)n1cncc1C1CNC1. The predicted molar refractivity (Wildman–Crippen MR) is 61.5 cm³/mol. The van der Waals surface area contributed by atoms with Crippen molar-refractivity contribution in [2.24, 2.45) is 0 Å². The first kappa shape index (κ1) is 10.3. The van der Waals surface area contributed by atoms with Gasteiger partial charge in [-0.15, -0.1) is 0 Å². The van der Waals surface area contributed by atoms with Gasteiger partial charge in [0.25, 0.3) is 0 Å². The molecule has 0 aromatic carbocycles. The minimum absolute atomic E-state index is 0.0847. The van der Waals surface area contributed by atoms with Crippen molar-refractivity contribution in [3.05, 3.63) is 18.2 Å². The van der Waals surface area contributed by atoms with Gasteiger partial charge < -0.3 is 14.6 Å². The first-order valence-electron chi connectivity index (χ1n) is 6.07. The molecule has 0 radical (unpaired) electrons. The fraction of sp³-hybridized carbons (Fsp3) is 0.750. The average Bonchev–Trinajstić information content (AvgIpc) is 2.74. The van der Waals surface area contributed by atoms with Crippen molar-refractivity contribution in [2.45, 2.75) is 37.8 Å². The molecule has 0 aliphatic carbocycles. The molecule has 0 amide bonds. The van der Waals surface area contributed by atoms with Gasteiger partial charge >= 0.3 is 0 Å². The highest BCUT2D eigenvalue weighted by atomic mass is 16.5. The van der Waals surface area contributed by atoms with E-state index in [1.807, 2.05) is 12.5 Å². The second-order valence-electron chi connectivity index (χ2n) is 5.16. The summed E-state index contributed by atoms with van der Waals surface area (Å²) in [4.78, 5) is 4.33. The second-order valence-corrected chi connectivity index (χ2v) is 5.16. The molecule has 2 unspecified atom stereocenters. The van der Waals surface area contributed by atoms with E-state index in [0.29, 0.717) is 5.92 Å². The van der Waals surface area contributed by atoms with Crippen molar-refractivity contribution < 1.29 is 4.74 Å². The van der Waals surface area contributed by atoms with Crippen LogP contribution in [-0.4, -0.2) is 35.4 Å². The van der Waals surface area contributed by atoms with Crippen molar-refractivity contribution in [3.63, 3.8) is 0 Å². The molecular weight excluding hydrogens is 202 g/mol. The average molecular weight is 221 g/mol. The lowest BCUT2D eigenvalue weighted by Gasteiger charge is -2.35. The highest BCUT2D eigenvalue weighted by Gasteiger charge is 2.41. The summed E-state index contributed by atoms with van der Waals surface area (Å²) in [5.41, 5.74) is 1.44. The fourth-order valence-corrected chi connectivity index (χ4v) is 2.67. The maximum atomic E-state index is 5.71. The van der Waals surface area contributed by atoms with Gasteiger partial charge in [-0.2, -0.15) is 0 Å². The Hall–Kier alpha value is -0.870. The third-order valence-electron chi connectivity index (χ3n) is 4.27. The van der Waals surface area contributed by atoms with E-state index in [9.17, 15) is 0 Å². The van der Waals surface area contributed by atoms with Crippen molar-refractivity contribution >= 4 is 0 Å². The lowest BCUT2D eigenvalue weighted by atomic mass is 9.91. The van der Waals surface area contributed by atoms with E-state index in [0.717, 1.165) is 26.1 Å². The normalized spacial score (nSPS) is 35.2. The number of nitrogens with one attached hydrogen (secondary N) is 1. The zero-order valence-corrected chi connectivity index (χ0v) is 9.94. The molecule has 2 aliphatic heterocycles. The molecule has 1 aromatic heterocycles. The highest BCUT2D eigenvalue weighted by Crippen LogP contribution is 2.36. The molecule has 3 heterocycles. The lowest BCUT2D eigenvalue weighted by molar-refractivity contribution is 0.0740. The van der Waals surface area contributed by atoms with E-state index >= 15 is 0 Å². The number of hydrogen-bond acceptors (Lipinski definition) is 3. The lowest BCUT2D eigenvalue weighted by Crippen LogP contribution is -2.44. The van der Waals surface area contributed by atoms with Crippen LogP contribution in [0.25, 0.3) is 0 Å². The molecule has 1 N–H and O–H groups in total. The second kappa shape index (κ2) is 3.57. The summed E-state index contributed by atoms with van der Waals surface area (Å²) < 4.78 is 8.06. The third-order valence-corrected chi connectivity index (χ3v) is 4.27. The largest absolute Gasteiger partial charge is 0.376 e. The standard InChI is InChI=1S/C12H19N3O/c1-9-12(2,3-4-16-9)15-8-14-7-11(15)10-5-13-6-10/h7-10,13H,3-6H2,1-2H3. The molecule has 88 valence electrons. The van der Waals surface area contributed by atoms with Gasteiger partial charge in [0.1, 0.15) is 0 Å². The first-order chi connectivity index (χ1) is 7.72. The van der Waals surface area contributed by atoms with Crippen LogP contribution in [0.1, 0.15) is 31.9 Å². The van der Waals surface area contributed by atoms with Gasteiger partial charge in [-0.1, -0.05) is 0 Å². The van der Waals surface area contributed by atoms with E-state index in [4.69, 9.17) is 4.74 Å². The predicted octanol–water partition coefficient (Wildman–Crippen LogP) is 1.09. The van der Waals surface area contributed by atoms with Gasteiger partial charge in [0, 0.05) is 37.5 Å². The molecule has 2 atom stereocenters. The fourth-order valence-electron chi connectivity index (χ4n) is 2.67. The topological polar surface area (TPSA) is 39.1 Å². The molecule has 2 fully saturated rings. The zero-order valence-electron chi connectivity index (χ0n) is 9.94. The minimum Gasteiger partial charge on any atom is -0.376 e. The van der Waals surface area contributed by atoms with Gasteiger partial charge in [0.15, 0.2) is 0 Å². The maximum Gasteiger partial charge on any atom is 0.0954 e. The molecule has 2 saturated heterocycles. The summed E-state index contributed by atoms with van der Waals surface area (Å²) in [6, 6.07) is 0. The Labute approximate surface area is 96.0 Å². The monoisotopic (exact) mass is 221 g/mol. The summed E-state index contributed by atoms with van der Waals surface area (Å²) in [5.74, 6) is 0.632. The van der Waals surface area contributed by atoms with E-state index in [2.05, 4.69) is 28.7 Å². The number of hydrogen-bond donors (Lipinski definition) is 1. The van der Waals surface area contributed by atoms with Crippen LogP contribution in [0.3, 0.4) is 0 Å². The first-order valence-corrected chi connectivity index (χ1v) is 6.07. The van der Waals surface area contributed by atoms with Crippen molar-refractivity contribution in [3.8, 4) is 0 Å². The van der Waals surface area contributed by atoms with E-state index in [1.54, 1.807) is 0 Å². The van der Waals surface area contributed by atoms with Crippen LogP contribution in [0.2, 0.25) is 0 Å². The summed E-state index contributed by atoms with van der Waals surface area (Å²) in [7, 11) is 0. The quantitative estimate of drug-likeness (QED) is 0.812. The van der Waals surface area contributed by atoms with Crippen molar-refractivity contribution in [1.82, 2.24) is 14.9 Å². The smallest absolute Gasteiger partial charge is 0.0954 e. The Bertz CT molecular complexity index is 385. The molecule has 0 saturated carbocycles. The number of nitrogens with zero attached hydrogens (tertiary/aromatic N) is 2. The molecule has 0 spiro atoms. The number of rotatable bonds is 2. The molecular formula is C12H19N3O. The van der Waals surface area contributed by atoms with Gasteiger partial charge in [0.2, 0.25) is 0 Å². The van der Waals surface area contributed by atoms with Gasteiger partial charge in [-0.3, -0.25) is 0 Å². The molecule has 4 heteroatoms. The Morgan fingerprint density at radius 1 is 1.56 bits per heavy atom. The highest BCUT2D eigenvalue weighted by molar-refractivity contribution is 5.15. The van der Waals surface area contributed by atoms with Crippen LogP contribution in [0.5, 0.6) is 0 Å². The Morgan fingerprint density at radius 2 is 2.38 bits per heavy atom.